The van der Waals surface area contributed by atoms with E-state index in [-0.39, 0.29) is 6.61 Å². The first-order chi connectivity index (χ1) is 11.2. The van der Waals surface area contributed by atoms with E-state index in [9.17, 15) is 5.11 Å². The van der Waals surface area contributed by atoms with Gasteiger partial charge < -0.3 is 14.9 Å². The summed E-state index contributed by atoms with van der Waals surface area (Å²) < 4.78 is 5.68. The fourth-order valence-electron chi connectivity index (χ4n) is 2.92. The molecule has 0 spiro atoms. The van der Waals surface area contributed by atoms with Gasteiger partial charge in [0.05, 0.1) is 6.61 Å². The van der Waals surface area contributed by atoms with Crippen LogP contribution in [-0.2, 0) is 6.42 Å². The molecular formula is C18H30N2O3. The number of β-amino-alcohol motifs (C(OH)–C–C–N with tert-alkyl or cyclic N) is 2. The lowest BCUT2D eigenvalue weighted by Crippen LogP contribution is -2.49. The monoisotopic (exact) mass is 322 g/mol. The molecule has 0 unspecified atom stereocenters. The van der Waals surface area contributed by atoms with Gasteiger partial charge in [-0.3, -0.25) is 9.80 Å². The molecule has 0 aliphatic carbocycles. The molecule has 1 aromatic rings. The Morgan fingerprint density at radius 3 is 2.35 bits per heavy atom. The van der Waals surface area contributed by atoms with Crippen molar-refractivity contribution >= 4 is 0 Å². The second kappa shape index (κ2) is 9.88. The van der Waals surface area contributed by atoms with Crippen molar-refractivity contribution in [3.63, 3.8) is 0 Å². The maximum Gasteiger partial charge on any atom is 0.119 e. The molecule has 0 bridgehead atoms. The van der Waals surface area contributed by atoms with Crippen LogP contribution in [0.5, 0.6) is 5.75 Å². The van der Waals surface area contributed by atoms with Gasteiger partial charge in [0.15, 0.2) is 0 Å². The smallest absolute Gasteiger partial charge is 0.119 e. The molecule has 5 nitrogen and oxygen atoms in total. The topological polar surface area (TPSA) is 56.2 Å². The summed E-state index contributed by atoms with van der Waals surface area (Å²) in [6.07, 6.45) is 1.75. The van der Waals surface area contributed by atoms with Crippen molar-refractivity contribution < 1.29 is 14.9 Å². The zero-order chi connectivity index (χ0) is 16.5. The van der Waals surface area contributed by atoms with Crippen LogP contribution < -0.4 is 4.74 Å². The lowest BCUT2D eigenvalue weighted by molar-refractivity contribution is 0.0428. The molecule has 2 N–H and O–H groups in total. The molecule has 1 atom stereocenters. The summed E-state index contributed by atoms with van der Waals surface area (Å²) in [7, 11) is 0. The number of benzene rings is 1. The molecule has 23 heavy (non-hydrogen) atoms. The van der Waals surface area contributed by atoms with Crippen molar-refractivity contribution in [1.29, 1.82) is 0 Å². The third-order valence-electron chi connectivity index (χ3n) is 4.25. The first-order valence-electron chi connectivity index (χ1n) is 8.66. The number of hydrogen-bond donors (Lipinski definition) is 2. The molecule has 130 valence electrons. The molecule has 1 fully saturated rings. The largest absolute Gasteiger partial charge is 0.491 e. The Bertz CT molecular complexity index is 430. The molecule has 1 aliphatic heterocycles. The summed E-state index contributed by atoms with van der Waals surface area (Å²) >= 11 is 0. The molecule has 1 aromatic carbocycles. The zero-order valence-corrected chi connectivity index (χ0v) is 14.2. The summed E-state index contributed by atoms with van der Waals surface area (Å²) in [6, 6.07) is 8.13. The highest BCUT2D eigenvalue weighted by Gasteiger charge is 2.19. The fourth-order valence-corrected chi connectivity index (χ4v) is 2.92. The molecule has 0 aromatic heterocycles. The van der Waals surface area contributed by atoms with Crippen LogP contribution in [0.4, 0.5) is 0 Å². The van der Waals surface area contributed by atoms with E-state index in [0.29, 0.717) is 13.2 Å². The lowest BCUT2D eigenvalue weighted by Gasteiger charge is -2.35. The quantitative estimate of drug-likeness (QED) is 0.710. The van der Waals surface area contributed by atoms with Crippen molar-refractivity contribution in [1.82, 2.24) is 9.80 Å². The average molecular weight is 322 g/mol. The number of aryl methyl sites for hydroxylation is 1. The summed E-state index contributed by atoms with van der Waals surface area (Å²) in [5.41, 5.74) is 1.32. The van der Waals surface area contributed by atoms with Crippen molar-refractivity contribution in [2.24, 2.45) is 0 Å². The molecule has 1 heterocycles. The normalized spacial score (nSPS) is 18.0. The highest BCUT2D eigenvalue weighted by Crippen LogP contribution is 2.14. The van der Waals surface area contributed by atoms with Crippen molar-refractivity contribution in [3.8, 4) is 5.75 Å². The number of aliphatic hydroxyl groups is 2. The van der Waals surface area contributed by atoms with Crippen LogP contribution in [-0.4, -0.2) is 78.6 Å². The van der Waals surface area contributed by atoms with Crippen LogP contribution in [0, 0.1) is 0 Å². The minimum absolute atomic E-state index is 0.216. The van der Waals surface area contributed by atoms with E-state index < -0.39 is 6.10 Å². The Labute approximate surface area is 139 Å². The van der Waals surface area contributed by atoms with Crippen LogP contribution in [0.2, 0.25) is 0 Å². The number of hydrogen-bond acceptors (Lipinski definition) is 5. The Kier molecular flexibility index (Phi) is 7.82. The SMILES string of the molecule is CCCc1ccc(OC[C@H](O)CN2CCN(CCO)CC2)cc1. The van der Waals surface area contributed by atoms with Crippen LogP contribution in [0.25, 0.3) is 0 Å². The van der Waals surface area contributed by atoms with Crippen LogP contribution in [0.3, 0.4) is 0 Å². The predicted molar refractivity (Wildman–Crippen MR) is 91.9 cm³/mol. The lowest BCUT2D eigenvalue weighted by atomic mass is 10.1. The summed E-state index contributed by atoms with van der Waals surface area (Å²) in [5.74, 6) is 0.816. The number of rotatable bonds is 9. The van der Waals surface area contributed by atoms with Crippen molar-refractivity contribution in [2.45, 2.75) is 25.9 Å². The van der Waals surface area contributed by atoms with Crippen molar-refractivity contribution in [3.05, 3.63) is 29.8 Å². The molecule has 1 saturated heterocycles. The van der Waals surface area contributed by atoms with E-state index in [1.54, 1.807) is 0 Å². The third-order valence-corrected chi connectivity index (χ3v) is 4.25. The van der Waals surface area contributed by atoms with E-state index in [2.05, 4.69) is 28.9 Å². The van der Waals surface area contributed by atoms with Gasteiger partial charge in [0, 0.05) is 39.3 Å². The average Bonchev–Trinajstić information content (AvgIpc) is 2.57. The molecular weight excluding hydrogens is 292 g/mol. The van der Waals surface area contributed by atoms with E-state index in [1.807, 2.05) is 12.1 Å². The number of aliphatic hydroxyl groups excluding tert-OH is 2. The molecule has 2 rings (SSSR count). The van der Waals surface area contributed by atoms with Gasteiger partial charge in [-0.25, -0.2) is 0 Å². The number of ether oxygens (including phenoxy) is 1. The minimum atomic E-state index is -0.477. The Morgan fingerprint density at radius 2 is 1.74 bits per heavy atom. The number of piperazine rings is 1. The zero-order valence-electron chi connectivity index (χ0n) is 14.2. The minimum Gasteiger partial charge on any atom is -0.491 e. The summed E-state index contributed by atoms with van der Waals surface area (Å²) in [6.45, 7) is 7.86. The van der Waals surface area contributed by atoms with E-state index in [4.69, 9.17) is 9.84 Å². The summed E-state index contributed by atoms with van der Waals surface area (Å²) in [4.78, 5) is 4.50. The summed E-state index contributed by atoms with van der Waals surface area (Å²) in [5, 5.41) is 19.1. The van der Waals surface area contributed by atoms with Crippen LogP contribution in [0.15, 0.2) is 24.3 Å². The van der Waals surface area contributed by atoms with Gasteiger partial charge in [-0.1, -0.05) is 25.5 Å². The van der Waals surface area contributed by atoms with Gasteiger partial charge in [-0.05, 0) is 24.1 Å². The van der Waals surface area contributed by atoms with E-state index in [1.165, 1.54) is 5.56 Å². The number of nitrogens with zero attached hydrogens (tertiary/aromatic N) is 2. The maximum absolute atomic E-state index is 10.2. The molecule has 1 aliphatic rings. The fraction of sp³-hybridized carbons (Fsp3) is 0.667. The highest BCUT2D eigenvalue weighted by molar-refractivity contribution is 5.27. The molecule has 5 heteroatoms. The van der Waals surface area contributed by atoms with Crippen LogP contribution >= 0.6 is 0 Å². The second-order valence-corrected chi connectivity index (χ2v) is 6.22. The second-order valence-electron chi connectivity index (χ2n) is 6.22. The van der Waals surface area contributed by atoms with E-state index >= 15 is 0 Å². The standard InChI is InChI=1S/C18H30N2O3/c1-2-3-16-4-6-18(7-5-16)23-15-17(22)14-20-10-8-19(9-11-20)12-13-21/h4-7,17,21-22H,2-3,8-15H2,1H3/t17-/m1/s1. The van der Waals surface area contributed by atoms with Gasteiger partial charge in [0.2, 0.25) is 0 Å². The predicted octanol–water partition coefficient (Wildman–Crippen LogP) is 0.989. The van der Waals surface area contributed by atoms with Gasteiger partial charge in [-0.2, -0.15) is 0 Å². The van der Waals surface area contributed by atoms with Crippen molar-refractivity contribution in [2.75, 3.05) is 52.5 Å². The van der Waals surface area contributed by atoms with Crippen LogP contribution in [0.1, 0.15) is 18.9 Å². The van der Waals surface area contributed by atoms with Gasteiger partial charge in [0.25, 0.3) is 0 Å². The molecule has 0 amide bonds. The third kappa shape index (κ3) is 6.47. The molecule has 0 saturated carbocycles. The van der Waals surface area contributed by atoms with E-state index in [0.717, 1.165) is 51.3 Å². The van der Waals surface area contributed by atoms with Gasteiger partial charge in [-0.15, -0.1) is 0 Å². The Morgan fingerprint density at radius 1 is 1.09 bits per heavy atom. The highest BCUT2D eigenvalue weighted by atomic mass is 16.5. The van der Waals surface area contributed by atoms with Gasteiger partial charge >= 0.3 is 0 Å². The Balaban J connectivity index is 1.66. The van der Waals surface area contributed by atoms with Gasteiger partial charge in [0.1, 0.15) is 18.5 Å². The molecule has 0 radical (unpaired) electrons. The first-order valence-corrected chi connectivity index (χ1v) is 8.66. The maximum atomic E-state index is 10.2. The first kappa shape index (κ1) is 18.2. The Hall–Kier alpha value is -1.14.